The second-order valence-corrected chi connectivity index (χ2v) is 7.92. The highest BCUT2D eigenvalue weighted by molar-refractivity contribution is 9.10. The quantitative estimate of drug-likeness (QED) is 0.794. The van der Waals surface area contributed by atoms with E-state index >= 15 is 0 Å². The lowest BCUT2D eigenvalue weighted by molar-refractivity contribution is -0.137. The highest BCUT2D eigenvalue weighted by Crippen LogP contribution is 2.29. The molecule has 1 atom stereocenters. The summed E-state index contributed by atoms with van der Waals surface area (Å²) in [4.78, 5) is 11.0. The molecule has 0 aliphatic heterocycles. The van der Waals surface area contributed by atoms with Crippen LogP contribution in [0.1, 0.15) is 18.0 Å². The molecule has 0 saturated carbocycles. The summed E-state index contributed by atoms with van der Waals surface area (Å²) >= 11 is 4.24. The minimum atomic E-state index is -3.78. The smallest absolute Gasteiger partial charge is 0.305 e. The summed E-state index contributed by atoms with van der Waals surface area (Å²) in [6.07, 6.45) is -0.327. The maximum absolute atomic E-state index is 12.4. The Balaban J connectivity index is 2.31. The van der Waals surface area contributed by atoms with Crippen LogP contribution >= 0.6 is 27.3 Å². The Labute approximate surface area is 134 Å². The first-order valence-electron chi connectivity index (χ1n) is 5.92. The largest absolute Gasteiger partial charge is 0.481 e. The lowest BCUT2D eigenvalue weighted by Crippen LogP contribution is -2.30. The van der Waals surface area contributed by atoms with Crippen LogP contribution in [0, 0.1) is 0 Å². The molecular weight excluding hydrogens is 378 g/mol. The molecule has 0 radical (unpaired) electrons. The van der Waals surface area contributed by atoms with E-state index in [1.54, 1.807) is 41.8 Å². The number of benzene rings is 1. The van der Waals surface area contributed by atoms with Gasteiger partial charge in [0.2, 0.25) is 0 Å². The molecule has 1 aromatic heterocycles. The van der Waals surface area contributed by atoms with Gasteiger partial charge in [-0.25, -0.2) is 13.1 Å². The van der Waals surface area contributed by atoms with Crippen molar-refractivity contribution in [3.05, 3.63) is 51.8 Å². The predicted octanol–water partition coefficient (Wildman–Crippen LogP) is 3.00. The highest BCUT2D eigenvalue weighted by Gasteiger charge is 2.25. The molecule has 0 bridgehead atoms. The molecule has 5 nitrogen and oxygen atoms in total. The van der Waals surface area contributed by atoms with Gasteiger partial charge in [0.1, 0.15) is 4.21 Å². The SMILES string of the molecule is O=C(O)CC(NS(=O)(=O)c1sccc1Br)c1ccccc1. The second kappa shape index (κ2) is 6.69. The zero-order valence-electron chi connectivity index (χ0n) is 10.7. The molecule has 2 N–H and O–H groups in total. The van der Waals surface area contributed by atoms with Crippen molar-refractivity contribution < 1.29 is 18.3 Å². The lowest BCUT2D eigenvalue weighted by Gasteiger charge is -2.17. The van der Waals surface area contributed by atoms with Gasteiger partial charge in [-0.05, 0) is 32.9 Å². The monoisotopic (exact) mass is 389 g/mol. The Morgan fingerprint density at radius 3 is 2.48 bits per heavy atom. The molecule has 0 aliphatic carbocycles. The summed E-state index contributed by atoms with van der Waals surface area (Å²) < 4.78 is 27.8. The van der Waals surface area contributed by atoms with Gasteiger partial charge in [0.15, 0.2) is 0 Å². The van der Waals surface area contributed by atoms with Crippen LogP contribution in [0.4, 0.5) is 0 Å². The normalized spacial score (nSPS) is 13.0. The molecule has 1 unspecified atom stereocenters. The van der Waals surface area contributed by atoms with E-state index in [0.29, 0.717) is 10.0 Å². The van der Waals surface area contributed by atoms with E-state index in [2.05, 4.69) is 20.7 Å². The van der Waals surface area contributed by atoms with Crippen LogP contribution in [0.15, 0.2) is 50.5 Å². The molecule has 0 aliphatic rings. The number of thiophene rings is 1. The second-order valence-electron chi connectivity index (χ2n) is 4.24. The van der Waals surface area contributed by atoms with E-state index in [0.717, 1.165) is 11.3 Å². The third-order valence-corrected chi connectivity index (χ3v) is 6.85. The molecule has 1 heterocycles. The molecule has 112 valence electrons. The lowest BCUT2D eigenvalue weighted by atomic mass is 10.1. The van der Waals surface area contributed by atoms with E-state index in [-0.39, 0.29) is 10.6 Å². The van der Waals surface area contributed by atoms with Crippen LogP contribution in [0.2, 0.25) is 0 Å². The van der Waals surface area contributed by atoms with Crippen molar-refractivity contribution in [3.63, 3.8) is 0 Å². The fourth-order valence-corrected chi connectivity index (χ4v) is 5.38. The number of carboxylic acid groups (broad SMARTS) is 1. The van der Waals surface area contributed by atoms with Crippen LogP contribution in [0.25, 0.3) is 0 Å². The first kappa shape index (κ1) is 16.2. The third-order valence-electron chi connectivity index (χ3n) is 2.71. The number of halogens is 1. The number of carbonyl (C=O) groups is 1. The summed E-state index contributed by atoms with van der Waals surface area (Å²) in [5.41, 5.74) is 0.608. The predicted molar refractivity (Wildman–Crippen MR) is 83.8 cm³/mol. The summed E-state index contributed by atoms with van der Waals surface area (Å²) in [6, 6.07) is 9.46. The van der Waals surface area contributed by atoms with Crippen LogP contribution in [-0.2, 0) is 14.8 Å². The van der Waals surface area contributed by atoms with Gasteiger partial charge in [-0.15, -0.1) is 11.3 Å². The molecule has 2 aromatic rings. The van der Waals surface area contributed by atoms with Crippen molar-refractivity contribution in [2.75, 3.05) is 0 Å². The van der Waals surface area contributed by atoms with Gasteiger partial charge in [0.25, 0.3) is 10.0 Å². The van der Waals surface area contributed by atoms with E-state index in [9.17, 15) is 13.2 Å². The number of hydrogen-bond donors (Lipinski definition) is 2. The number of rotatable bonds is 6. The van der Waals surface area contributed by atoms with Crippen molar-refractivity contribution in [3.8, 4) is 0 Å². The topological polar surface area (TPSA) is 83.5 Å². The van der Waals surface area contributed by atoms with Gasteiger partial charge in [-0.1, -0.05) is 30.3 Å². The Morgan fingerprint density at radius 2 is 1.95 bits per heavy atom. The van der Waals surface area contributed by atoms with Gasteiger partial charge in [0.05, 0.1) is 12.5 Å². The van der Waals surface area contributed by atoms with Gasteiger partial charge < -0.3 is 5.11 Å². The maximum atomic E-state index is 12.4. The zero-order valence-corrected chi connectivity index (χ0v) is 13.9. The van der Waals surface area contributed by atoms with Crippen molar-refractivity contribution in [2.45, 2.75) is 16.7 Å². The third kappa shape index (κ3) is 4.13. The first-order chi connectivity index (χ1) is 9.90. The number of aliphatic carboxylic acids is 1. The van der Waals surface area contributed by atoms with E-state index in [1.807, 2.05) is 0 Å². The van der Waals surface area contributed by atoms with Gasteiger partial charge in [0, 0.05) is 4.47 Å². The maximum Gasteiger partial charge on any atom is 0.305 e. The summed E-state index contributed by atoms with van der Waals surface area (Å²) in [7, 11) is -3.78. The molecule has 0 spiro atoms. The van der Waals surface area contributed by atoms with Crippen LogP contribution in [-0.4, -0.2) is 19.5 Å². The number of carboxylic acids is 1. The summed E-state index contributed by atoms with van der Waals surface area (Å²) in [6.45, 7) is 0. The number of nitrogens with one attached hydrogen (secondary N) is 1. The molecule has 0 fully saturated rings. The van der Waals surface area contributed by atoms with Crippen molar-refractivity contribution >= 4 is 43.3 Å². The van der Waals surface area contributed by atoms with E-state index in [1.165, 1.54) is 0 Å². The Hall–Kier alpha value is -1.22. The molecular formula is C13H12BrNO4S2. The minimum absolute atomic E-state index is 0.133. The van der Waals surface area contributed by atoms with Crippen LogP contribution in [0.3, 0.4) is 0 Å². The fourth-order valence-electron chi connectivity index (χ4n) is 1.80. The Bertz CT molecular complexity index is 728. The average Bonchev–Trinajstić information content (AvgIpc) is 2.85. The van der Waals surface area contributed by atoms with Crippen molar-refractivity contribution in [1.29, 1.82) is 0 Å². The highest BCUT2D eigenvalue weighted by atomic mass is 79.9. The molecule has 0 saturated heterocycles. The number of hydrogen-bond acceptors (Lipinski definition) is 4. The molecule has 0 amide bonds. The standard InChI is InChI=1S/C13H12BrNO4S2/c14-10-6-7-20-13(10)21(18,19)15-11(8-12(16)17)9-4-2-1-3-5-9/h1-7,11,15H,8H2,(H,16,17). The van der Waals surface area contributed by atoms with Gasteiger partial charge in [-0.3, -0.25) is 4.79 Å². The van der Waals surface area contributed by atoms with E-state index < -0.39 is 22.0 Å². The summed E-state index contributed by atoms with van der Waals surface area (Å²) in [5.74, 6) is -1.07. The Kier molecular flexibility index (Phi) is 5.15. The average molecular weight is 390 g/mol. The van der Waals surface area contributed by atoms with Gasteiger partial charge in [-0.2, -0.15) is 0 Å². The summed E-state index contributed by atoms with van der Waals surface area (Å²) in [5, 5.41) is 10.6. The van der Waals surface area contributed by atoms with Gasteiger partial charge >= 0.3 is 5.97 Å². The minimum Gasteiger partial charge on any atom is -0.481 e. The molecule has 8 heteroatoms. The zero-order chi connectivity index (χ0) is 15.5. The number of sulfonamides is 1. The first-order valence-corrected chi connectivity index (χ1v) is 9.08. The van der Waals surface area contributed by atoms with Crippen LogP contribution in [0.5, 0.6) is 0 Å². The van der Waals surface area contributed by atoms with Crippen molar-refractivity contribution in [1.82, 2.24) is 4.72 Å². The Morgan fingerprint density at radius 1 is 1.29 bits per heavy atom. The molecule has 1 aromatic carbocycles. The van der Waals surface area contributed by atoms with Crippen LogP contribution < -0.4 is 4.72 Å². The fraction of sp³-hybridized carbons (Fsp3) is 0.154. The van der Waals surface area contributed by atoms with E-state index in [4.69, 9.17) is 5.11 Å². The molecule has 21 heavy (non-hydrogen) atoms. The van der Waals surface area contributed by atoms with Crippen molar-refractivity contribution in [2.24, 2.45) is 0 Å². The molecule has 2 rings (SSSR count).